The zero-order valence-electron chi connectivity index (χ0n) is 9.63. The van der Waals surface area contributed by atoms with E-state index >= 15 is 0 Å². The summed E-state index contributed by atoms with van der Waals surface area (Å²) in [6.45, 7) is 7.55. The van der Waals surface area contributed by atoms with Gasteiger partial charge in [-0.25, -0.2) is 0 Å². The van der Waals surface area contributed by atoms with Gasteiger partial charge in [-0.3, -0.25) is 9.59 Å². The summed E-state index contributed by atoms with van der Waals surface area (Å²) in [5.74, 6) is -0.320. The number of carbonyl (C=O) groups is 2. The Balaban J connectivity index is 4.18. The van der Waals surface area contributed by atoms with Gasteiger partial charge < -0.3 is 11.1 Å². The second-order valence-electron chi connectivity index (χ2n) is 4.61. The lowest BCUT2D eigenvalue weighted by Gasteiger charge is -2.22. The monoisotopic (exact) mass is 278 g/mol. The molecule has 4 nitrogen and oxygen atoms in total. The van der Waals surface area contributed by atoms with E-state index in [1.165, 1.54) is 0 Å². The van der Waals surface area contributed by atoms with E-state index in [0.29, 0.717) is 0 Å². The Bertz CT molecular complexity index is 252. The molecule has 0 aliphatic carbocycles. The molecule has 88 valence electrons. The Morgan fingerprint density at radius 1 is 1.40 bits per heavy atom. The normalized spacial score (nSPS) is 13.7. The number of primary amides is 1. The summed E-state index contributed by atoms with van der Waals surface area (Å²) in [7, 11) is 0. The highest BCUT2D eigenvalue weighted by atomic mass is 79.9. The second kappa shape index (κ2) is 5.49. The Hall–Kier alpha value is -0.580. The molecule has 0 aliphatic rings. The number of alkyl halides is 1. The SMILES string of the molecule is CC(C)C(Br)C(=O)NCC(C)(C)C(N)=O. The molecule has 1 atom stereocenters. The molecule has 0 heterocycles. The molecule has 0 bridgehead atoms. The summed E-state index contributed by atoms with van der Waals surface area (Å²) in [5.41, 5.74) is 4.48. The number of halogens is 1. The first kappa shape index (κ1) is 14.4. The van der Waals surface area contributed by atoms with Crippen LogP contribution in [0.4, 0.5) is 0 Å². The molecule has 0 aromatic carbocycles. The fourth-order valence-electron chi connectivity index (χ4n) is 0.795. The molecule has 0 rings (SSSR count). The molecule has 0 saturated heterocycles. The number of nitrogens with one attached hydrogen (secondary N) is 1. The zero-order valence-corrected chi connectivity index (χ0v) is 11.2. The molecule has 0 aliphatic heterocycles. The van der Waals surface area contributed by atoms with Crippen molar-refractivity contribution in [3.05, 3.63) is 0 Å². The largest absolute Gasteiger partial charge is 0.369 e. The van der Waals surface area contributed by atoms with Crippen LogP contribution in [-0.4, -0.2) is 23.2 Å². The van der Waals surface area contributed by atoms with Crippen molar-refractivity contribution in [1.29, 1.82) is 0 Å². The molecule has 15 heavy (non-hydrogen) atoms. The molecule has 0 saturated carbocycles. The van der Waals surface area contributed by atoms with Crippen LogP contribution >= 0.6 is 15.9 Å². The van der Waals surface area contributed by atoms with Crippen molar-refractivity contribution in [2.24, 2.45) is 17.1 Å². The first-order valence-corrected chi connectivity index (χ1v) is 5.81. The van der Waals surface area contributed by atoms with Crippen molar-refractivity contribution >= 4 is 27.7 Å². The molecule has 0 aromatic heterocycles. The minimum atomic E-state index is -0.709. The number of amides is 2. The van der Waals surface area contributed by atoms with Crippen LogP contribution in [0.3, 0.4) is 0 Å². The fraction of sp³-hybridized carbons (Fsp3) is 0.800. The van der Waals surface area contributed by atoms with Gasteiger partial charge in [0, 0.05) is 6.54 Å². The van der Waals surface area contributed by atoms with Gasteiger partial charge >= 0.3 is 0 Å². The average molecular weight is 279 g/mol. The lowest BCUT2D eigenvalue weighted by Crippen LogP contribution is -2.45. The van der Waals surface area contributed by atoms with Gasteiger partial charge in [-0.1, -0.05) is 29.8 Å². The standard InChI is InChI=1S/C10H19BrN2O2/c1-6(2)7(11)8(14)13-5-10(3,4)9(12)15/h6-7H,5H2,1-4H3,(H2,12,15)(H,13,14). The van der Waals surface area contributed by atoms with E-state index in [-0.39, 0.29) is 23.2 Å². The summed E-state index contributed by atoms with van der Waals surface area (Å²) >= 11 is 3.28. The lowest BCUT2D eigenvalue weighted by atomic mass is 9.92. The summed E-state index contributed by atoms with van der Waals surface area (Å²) < 4.78 is 0. The van der Waals surface area contributed by atoms with Crippen LogP contribution in [0.15, 0.2) is 0 Å². The van der Waals surface area contributed by atoms with E-state index in [1.54, 1.807) is 13.8 Å². The van der Waals surface area contributed by atoms with E-state index in [0.717, 1.165) is 0 Å². The van der Waals surface area contributed by atoms with Crippen LogP contribution in [0.1, 0.15) is 27.7 Å². The number of hydrogen-bond donors (Lipinski definition) is 2. The van der Waals surface area contributed by atoms with Gasteiger partial charge in [-0.2, -0.15) is 0 Å². The topological polar surface area (TPSA) is 72.2 Å². The number of hydrogen-bond acceptors (Lipinski definition) is 2. The van der Waals surface area contributed by atoms with Crippen LogP contribution in [0.5, 0.6) is 0 Å². The molecule has 0 fully saturated rings. The second-order valence-corrected chi connectivity index (χ2v) is 5.60. The summed E-state index contributed by atoms with van der Waals surface area (Å²) in [5, 5.41) is 2.70. The van der Waals surface area contributed by atoms with E-state index in [9.17, 15) is 9.59 Å². The maximum Gasteiger partial charge on any atom is 0.234 e. The van der Waals surface area contributed by atoms with E-state index in [4.69, 9.17) is 5.73 Å². The Kier molecular flexibility index (Phi) is 5.28. The Labute approximate surface area is 99.1 Å². The van der Waals surface area contributed by atoms with E-state index in [2.05, 4.69) is 21.2 Å². The van der Waals surface area contributed by atoms with Crippen molar-refractivity contribution < 1.29 is 9.59 Å². The third-order valence-corrected chi connectivity index (χ3v) is 3.68. The minimum absolute atomic E-state index is 0.112. The quantitative estimate of drug-likeness (QED) is 0.738. The van der Waals surface area contributed by atoms with Gasteiger partial charge in [0.2, 0.25) is 11.8 Å². The van der Waals surface area contributed by atoms with Crippen LogP contribution in [-0.2, 0) is 9.59 Å². The highest BCUT2D eigenvalue weighted by molar-refractivity contribution is 9.10. The predicted molar refractivity (Wildman–Crippen MR) is 63.5 cm³/mol. The van der Waals surface area contributed by atoms with Gasteiger partial charge in [0.15, 0.2) is 0 Å². The molecular formula is C10H19BrN2O2. The highest BCUT2D eigenvalue weighted by Crippen LogP contribution is 2.15. The van der Waals surface area contributed by atoms with Gasteiger partial charge in [-0.15, -0.1) is 0 Å². The van der Waals surface area contributed by atoms with Crippen molar-refractivity contribution in [3.63, 3.8) is 0 Å². The van der Waals surface area contributed by atoms with Crippen molar-refractivity contribution in [2.45, 2.75) is 32.5 Å². The van der Waals surface area contributed by atoms with E-state index < -0.39 is 11.3 Å². The third-order valence-electron chi connectivity index (χ3n) is 2.21. The van der Waals surface area contributed by atoms with Gasteiger partial charge in [0.1, 0.15) is 0 Å². The van der Waals surface area contributed by atoms with Crippen molar-refractivity contribution in [2.75, 3.05) is 6.54 Å². The minimum Gasteiger partial charge on any atom is -0.369 e. The molecule has 0 radical (unpaired) electrons. The molecule has 0 aromatic rings. The smallest absolute Gasteiger partial charge is 0.234 e. The first-order chi connectivity index (χ1) is 6.68. The molecule has 5 heteroatoms. The molecule has 2 amide bonds. The first-order valence-electron chi connectivity index (χ1n) is 4.90. The average Bonchev–Trinajstić information content (AvgIpc) is 2.12. The molecule has 0 spiro atoms. The van der Waals surface area contributed by atoms with Crippen molar-refractivity contribution in [3.8, 4) is 0 Å². The van der Waals surface area contributed by atoms with Crippen LogP contribution in [0, 0.1) is 11.3 Å². The molecule has 3 N–H and O–H groups in total. The molecular weight excluding hydrogens is 260 g/mol. The van der Waals surface area contributed by atoms with Gasteiger partial charge in [-0.05, 0) is 19.8 Å². The van der Waals surface area contributed by atoms with Gasteiger partial charge in [0.05, 0.1) is 10.2 Å². The highest BCUT2D eigenvalue weighted by Gasteiger charge is 2.27. The number of rotatable bonds is 5. The predicted octanol–water partition coefficient (Wildman–Crippen LogP) is 1.03. The van der Waals surface area contributed by atoms with Crippen LogP contribution in [0.25, 0.3) is 0 Å². The third kappa shape index (κ3) is 4.64. The van der Waals surface area contributed by atoms with Gasteiger partial charge in [0.25, 0.3) is 0 Å². The van der Waals surface area contributed by atoms with E-state index in [1.807, 2.05) is 13.8 Å². The van der Waals surface area contributed by atoms with Crippen LogP contribution < -0.4 is 11.1 Å². The Morgan fingerprint density at radius 2 is 1.87 bits per heavy atom. The maximum absolute atomic E-state index is 11.5. The lowest BCUT2D eigenvalue weighted by molar-refractivity contribution is -0.127. The zero-order chi connectivity index (χ0) is 12.2. The summed E-state index contributed by atoms with van der Waals surface area (Å²) in [4.78, 5) is 22.3. The fourth-order valence-corrected chi connectivity index (χ4v) is 0.957. The molecule has 1 unspecified atom stereocenters. The van der Waals surface area contributed by atoms with Crippen LogP contribution in [0.2, 0.25) is 0 Å². The summed E-state index contributed by atoms with van der Waals surface area (Å²) in [6.07, 6.45) is 0. The number of carbonyl (C=O) groups excluding carboxylic acids is 2. The van der Waals surface area contributed by atoms with Crippen molar-refractivity contribution in [1.82, 2.24) is 5.32 Å². The summed E-state index contributed by atoms with van der Waals surface area (Å²) in [6, 6.07) is 0. The maximum atomic E-state index is 11.5. The Morgan fingerprint density at radius 3 is 2.20 bits per heavy atom. The number of nitrogens with two attached hydrogens (primary N) is 1.